The number of piperidine rings is 1. The molecule has 0 aliphatic carbocycles. The second kappa shape index (κ2) is 7.25. The molecule has 0 saturated carbocycles. The van der Waals surface area contributed by atoms with Gasteiger partial charge in [0.15, 0.2) is 11.5 Å². The van der Waals surface area contributed by atoms with Crippen LogP contribution in [0.1, 0.15) is 30.3 Å². The Morgan fingerprint density at radius 3 is 2.96 bits per heavy atom. The first-order valence-electron chi connectivity index (χ1n) is 9.04. The summed E-state index contributed by atoms with van der Waals surface area (Å²) in [6.45, 7) is 4.52. The molecule has 4 rings (SSSR count). The van der Waals surface area contributed by atoms with Gasteiger partial charge in [0.05, 0.1) is 0 Å². The lowest BCUT2D eigenvalue weighted by molar-refractivity contribution is 0.0527. The molecular formula is C19H23N3O3S. The van der Waals surface area contributed by atoms with Crippen LogP contribution in [-0.4, -0.2) is 48.1 Å². The minimum Gasteiger partial charge on any atom is -0.486 e. The summed E-state index contributed by atoms with van der Waals surface area (Å²) < 4.78 is 11.2. The molecule has 26 heavy (non-hydrogen) atoms. The summed E-state index contributed by atoms with van der Waals surface area (Å²) in [6, 6.07) is 5.86. The van der Waals surface area contributed by atoms with Gasteiger partial charge in [-0.05, 0) is 37.0 Å². The topological polar surface area (TPSA) is 77.7 Å². The van der Waals surface area contributed by atoms with Crippen molar-refractivity contribution in [3.05, 3.63) is 29.3 Å². The highest BCUT2D eigenvalue weighted by Gasteiger charge is 2.32. The molecule has 2 atom stereocenters. The molecule has 1 aromatic heterocycles. The summed E-state index contributed by atoms with van der Waals surface area (Å²) in [5, 5.41) is 2.64. The minimum absolute atomic E-state index is 0.0213. The van der Waals surface area contributed by atoms with Gasteiger partial charge in [0, 0.05) is 30.1 Å². The number of likely N-dealkylation sites (tertiary alicyclic amines) is 1. The van der Waals surface area contributed by atoms with E-state index in [1.54, 1.807) is 0 Å². The van der Waals surface area contributed by atoms with Crippen molar-refractivity contribution in [1.82, 2.24) is 9.88 Å². The summed E-state index contributed by atoms with van der Waals surface area (Å²) >= 11 is 1.47. The van der Waals surface area contributed by atoms with Crippen LogP contribution in [0, 0.1) is 5.92 Å². The third-order valence-corrected chi connectivity index (χ3v) is 6.02. The van der Waals surface area contributed by atoms with Crippen molar-refractivity contribution in [2.45, 2.75) is 25.8 Å². The predicted octanol–water partition coefficient (Wildman–Crippen LogP) is 2.78. The Balaban J connectivity index is 1.57. The molecule has 1 amide bonds. The number of rotatable bonds is 3. The summed E-state index contributed by atoms with van der Waals surface area (Å²) in [5.74, 6) is 1.88. The number of benzene rings is 1. The summed E-state index contributed by atoms with van der Waals surface area (Å²) in [7, 11) is 0. The highest BCUT2D eigenvalue weighted by atomic mass is 32.1. The smallest absolute Gasteiger partial charge is 0.273 e. The van der Waals surface area contributed by atoms with Crippen LogP contribution in [0.15, 0.2) is 23.6 Å². The molecule has 0 bridgehead atoms. The average Bonchev–Trinajstić information content (AvgIpc) is 3.17. The van der Waals surface area contributed by atoms with E-state index in [1.165, 1.54) is 11.3 Å². The van der Waals surface area contributed by atoms with E-state index in [1.807, 2.05) is 28.5 Å². The second-order valence-corrected chi connectivity index (χ2v) is 7.68. The number of carbonyl (C=O) groups excluding carboxylic acids is 1. The molecule has 2 aliphatic rings. The minimum atomic E-state index is -0.0213. The predicted molar refractivity (Wildman–Crippen MR) is 101 cm³/mol. The summed E-state index contributed by atoms with van der Waals surface area (Å²) in [6.07, 6.45) is 2.13. The van der Waals surface area contributed by atoms with E-state index in [0.717, 1.165) is 41.5 Å². The number of thiazole rings is 1. The van der Waals surface area contributed by atoms with Crippen LogP contribution in [0.2, 0.25) is 0 Å². The standard InChI is InChI=1S/C19H23N3O3S/c1-12-3-2-6-22(15(12)10-20)19(23)14-11-26-18(21-14)13-4-5-16-17(9-13)25-8-7-24-16/h4-5,9,11-12,15H,2-3,6-8,10,20H2,1H3. The number of nitrogens with zero attached hydrogens (tertiary/aromatic N) is 2. The Kier molecular flexibility index (Phi) is 4.82. The van der Waals surface area contributed by atoms with Crippen molar-refractivity contribution in [1.29, 1.82) is 0 Å². The monoisotopic (exact) mass is 373 g/mol. The fourth-order valence-electron chi connectivity index (χ4n) is 3.69. The van der Waals surface area contributed by atoms with Crippen molar-refractivity contribution >= 4 is 17.2 Å². The lowest BCUT2D eigenvalue weighted by atomic mass is 9.90. The average molecular weight is 373 g/mol. The number of aromatic nitrogens is 1. The molecule has 3 heterocycles. The Bertz CT molecular complexity index is 807. The number of nitrogens with two attached hydrogens (primary N) is 1. The van der Waals surface area contributed by atoms with E-state index in [2.05, 4.69) is 11.9 Å². The maximum atomic E-state index is 13.0. The lowest BCUT2D eigenvalue weighted by Crippen LogP contribution is -2.51. The third-order valence-electron chi connectivity index (χ3n) is 5.13. The molecule has 7 heteroatoms. The van der Waals surface area contributed by atoms with Crippen LogP contribution in [0.3, 0.4) is 0 Å². The van der Waals surface area contributed by atoms with Gasteiger partial charge in [0.25, 0.3) is 5.91 Å². The molecule has 2 aromatic rings. The number of amides is 1. The van der Waals surface area contributed by atoms with Crippen molar-refractivity contribution in [3.63, 3.8) is 0 Å². The molecule has 2 aliphatic heterocycles. The van der Waals surface area contributed by atoms with Gasteiger partial charge < -0.3 is 20.1 Å². The van der Waals surface area contributed by atoms with Gasteiger partial charge in [0.1, 0.15) is 23.9 Å². The van der Waals surface area contributed by atoms with Gasteiger partial charge in [-0.25, -0.2) is 4.98 Å². The highest BCUT2D eigenvalue weighted by Crippen LogP contribution is 2.35. The molecular weight excluding hydrogens is 350 g/mol. The van der Waals surface area contributed by atoms with Gasteiger partial charge in [-0.2, -0.15) is 0 Å². The van der Waals surface area contributed by atoms with E-state index in [0.29, 0.717) is 31.4 Å². The van der Waals surface area contributed by atoms with Crippen molar-refractivity contribution in [2.75, 3.05) is 26.3 Å². The van der Waals surface area contributed by atoms with Crippen LogP contribution < -0.4 is 15.2 Å². The molecule has 1 saturated heterocycles. The first-order chi connectivity index (χ1) is 12.7. The quantitative estimate of drug-likeness (QED) is 0.895. The van der Waals surface area contributed by atoms with Crippen molar-refractivity contribution in [2.24, 2.45) is 11.7 Å². The number of ether oxygens (including phenoxy) is 2. The zero-order valence-corrected chi connectivity index (χ0v) is 15.6. The molecule has 2 N–H and O–H groups in total. The van der Waals surface area contributed by atoms with E-state index in [-0.39, 0.29) is 11.9 Å². The van der Waals surface area contributed by atoms with Gasteiger partial charge in [0.2, 0.25) is 0 Å². The van der Waals surface area contributed by atoms with E-state index < -0.39 is 0 Å². The van der Waals surface area contributed by atoms with E-state index in [4.69, 9.17) is 15.2 Å². The van der Waals surface area contributed by atoms with Gasteiger partial charge >= 0.3 is 0 Å². The zero-order chi connectivity index (χ0) is 18.1. The maximum Gasteiger partial charge on any atom is 0.273 e. The summed E-state index contributed by atoms with van der Waals surface area (Å²) in [4.78, 5) is 19.4. The van der Waals surface area contributed by atoms with Crippen molar-refractivity contribution in [3.8, 4) is 22.1 Å². The second-order valence-electron chi connectivity index (χ2n) is 6.82. The fraction of sp³-hybridized carbons (Fsp3) is 0.474. The van der Waals surface area contributed by atoms with E-state index >= 15 is 0 Å². The molecule has 1 aromatic carbocycles. The van der Waals surface area contributed by atoms with E-state index in [9.17, 15) is 4.79 Å². The number of carbonyl (C=O) groups is 1. The van der Waals surface area contributed by atoms with Gasteiger partial charge in [-0.3, -0.25) is 4.79 Å². The fourth-order valence-corrected chi connectivity index (χ4v) is 4.48. The molecule has 2 unspecified atom stereocenters. The number of hydrogen-bond donors (Lipinski definition) is 1. The first-order valence-corrected chi connectivity index (χ1v) is 9.92. The largest absolute Gasteiger partial charge is 0.486 e. The Hall–Kier alpha value is -2.12. The van der Waals surface area contributed by atoms with Crippen LogP contribution in [0.25, 0.3) is 10.6 Å². The Labute approximate surface area is 156 Å². The van der Waals surface area contributed by atoms with Crippen LogP contribution >= 0.6 is 11.3 Å². The van der Waals surface area contributed by atoms with Gasteiger partial charge in [-0.15, -0.1) is 11.3 Å². The normalized spacial score (nSPS) is 22.3. The molecule has 138 valence electrons. The third kappa shape index (κ3) is 3.17. The maximum absolute atomic E-state index is 13.0. The van der Waals surface area contributed by atoms with Crippen molar-refractivity contribution < 1.29 is 14.3 Å². The van der Waals surface area contributed by atoms with Crippen LogP contribution in [-0.2, 0) is 0 Å². The van der Waals surface area contributed by atoms with Gasteiger partial charge in [-0.1, -0.05) is 6.92 Å². The summed E-state index contributed by atoms with van der Waals surface area (Å²) in [5.41, 5.74) is 7.35. The van der Waals surface area contributed by atoms with Crippen LogP contribution in [0.5, 0.6) is 11.5 Å². The van der Waals surface area contributed by atoms with Crippen LogP contribution in [0.4, 0.5) is 0 Å². The zero-order valence-electron chi connectivity index (χ0n) is 14.8. The Morgan fingerprint density at radius 2 is 2.15 bits per heavy atom. The number of fused-ring (bicyclic) bond motifs is 1. The molecule has 0 radical (unpaired) electrons. The first kappa shape index (κ1) is 17.3. The number of hydrogen-bond acceptors (Lipinski definition) is 6. The molecule has 1 fully saturated rings. The lowest BCUT2D eigenvalue weighted by Gasteiger charge is -2.39. The SMILES string of the molecule is CC1CCCN(C(=O)c2csc(-c3ccc4c(c3)OCCO4)n2)C1CN. The molecule has 0 spiro atoms. The molecule has 6 nitrogen and oxygen atoms in total. The Morgan fingerprint density at radius 1 is 1.35 bits per heavy atom. The highest BCUT2D eigenvalue weighted by molar-refractivity contribution is 7.13.